The van der Waals surface area contributed by atoms with Gasteiger partial charge in [0.1, 0.15) is 0 Å². The first kappa shape index (κ1) is 8.68. The highest BCUT2D eigenvalue weighted by Crippen LogP contribution is 2.24. The van der Waals surface area contributed by atoms with Gasteiger partial charge in [-0.25, -0.2) is 0 Å². The van der Waals surface area contributed by atoms with Crippen molar-refractivity contribution in [3.63, 3.8) is 0 Å². The molecule has 0 saturated heterocycles. The molecule has 76 valence electrons. The molecule has 1 N–H and O–H groups in total. The molecule has 15 heavy (non-hydrogen) atoms. The van der Waals surface area contributed by atoms with Crippen molar-refractivity contribution < 1.29 is 0 Å². The van der Waals surface area contributed by atoms with Gasteiger partial charge in [0, 0.05) is 31.9 Å². The van der Waals surface area contributed by atoms with Gasteiger partial charge in [0.2, 0.25) is 0 Å². The van der Waals surface area contributed by atoms with E-state index in [4.69, 9.17) is 0 Å². The van der Waals surface area contributed by atoms with Crippen LogP contribution >= 0.6 is 0 Å². The Labute approximate surface area is 88.7 Å². The number of benzene rings is 1. The van der Waals surface area contributed by atoms with Gasteiger partial charge in [-0.05, 0) is 22.8 Å². The summed E-state index contributed by atoms with van der Waals surface area (Å²) in [5.41, 5.74) is 5.27. The minimum Gasteiger partial charge on any atom is -0.309 e. The largest absolute Gasteiger partial charge is 0.309 e. The summed E-state index contributed by atoms with van der Waals surface area (Å²) < 4.78 is 1.83. The lowest BCUT2D eigenvalue weighted by Crippen LogP contribution is -1.99. The number of rotatable bonds is 1. The zero-order chi connectivity index (χ0) is 10.3. The Balaban J connectivity index is 2.06. The molecular weight excluding hydrogens is 186 g/mol. The summed E-state index contributed by atoms with van der Waals surface area (Å²) in [4.78, 5) is 0. The summed E-state index contributed by atoms with van der Waals surface area (Å²) in [7, 11) is 1.94. The topological polar surface area (TPSA) is 29.9 Å². The van der Waals surface area contributed by atoms with E-state index in [0.717, 1.165) is 13.1 Å². The Hall–Kier alpha value is -1.61. The number of nitrogens with one attached hydrogen (secondary N) is 1. The summed E-state index contributed by atoms with van der Waals surface area (Å²) in [6.07, 6.45) is 3.95. The fourth-order valence-corrected chi connectivity index (χ4v) is 2.04. The van der Waals surface area contributed by atoms with Crippen molar-refractivity contribution in [3.8, 4) is 11.1 Å². The average Bonchev–Trinajstić information content (AvgIpc) is 2.84. The lowest BCUT2D eigenvalue weighted by Gasteiger charge is -2.01. The maximum atomic E-state index is 4.19. The van der Waals surface area contributed by atoms with Crippen LogP contribution in [0.15, 0.2) is 30.6 Å². The molecular formula is C12H13N3. The van der Waals surface area contributed by atoms with Crippen LogP contribution in [0.2, 0.25) is 0 Å². The molecule has 0 radical (unpaired) electrons. The molecule has 0 aliphatic carbocycles. The molecule has 3 nitrogen and oxygen atoms in total. The SMILES string of the molecule is Cn1cc(-c2ccc3c(c2)CNC3)cn1. The molecule has 0 atom stereocenters. The third-order valence-electron chi connectivity index (χ3n) is 2.88. The molecule has 1 aromatic heterocycles. The quantitative estimate of drug-likeness (QED) is 0.757. The van der Waals surface area contributed by atoms with Gasteiger partial charge in [-0.1, -0.05) is 12.1 Å². The highest BCUT2D eigenvalue weighted by atomic mass is 15.2. The minimum atomic E-state index is 0.990. The minimum absolute atomic E-state index is 0.990. The Kier molecular flexibility index (Phi) is 1.86. The first-order valence-corrected chi connectivity index (χ1v) is 5.14. The molecule has 0 unspecified atom stereocenters. The van der Waals surface area contributed by atoms with E-state index in [1.54, 1.807) is 0 Å². The van der Waals surface area contributed by atoms with Crippen LogP contribution in [-0.2, 0) is 20.1 Å². The van der Waals surface area contributed by atoms with Crippen molar-refractivity contribution in [1.82, 2.24) is 15.1 Å². The molecule has 1 aliphatic rings. The zero-order valence-electron chi connectivity index (χ0n) is 8.70. The van der Waals surface area contributed by atoms with Crippen LogP contribution in [0.4, 0.5) is 0 Å². The molecule has 0 spiro atoms. The van der Waals surface area contributed by atoms with E-state index in [1.165, 1.54) is 22.3 Å². The van der Waals surface area contributed by atoms with Gasteiger partial charge in [-0.2, -0.15) is 5.10 Å². The fraction of sp³-hybridized carbons (Fsp3) is 0.250. The van der Waals surface area contributed by atoms with Gasteiger partial charge >= 0.3 is 0 Å². The van der Waals surface area contributed by atoms with Gasteiger partial charge < -0.3 is 5.32 Å². The van der Waals surface area contributed by atoms with Crippen molar-refractivity contribution >= 4 is 0 Å². The second kappa shape index (κ2) is 3.21. The van der Waals surface area contributed by atoms with Crippen LogP contribution < -0.4 is 5.32 Å². The predicted octanol–water partition coefficient (Wildman–Crippen LogP) is 1.69. The molecule has 2 aromatic rings. The van der Waals surface area contributed by atoms with Crippen molar-refractivity contribution in [2.75, 3.05) is 0 Å². The summed E-state index contributed by atoms with van der Waals surface area (Å²) >= 11 is 0. The van der Waals surface area contributed by atoms with Crippen LogP contribution in [0.1, 0.15) is 11.1 Å². The van der Waals surface area contributed by atoms with Gasteiger partial charge in [-0.3, -0.25) is 4.68 Å². The maximum Gasteiger partial charge on any atom is 0.0568 e. The summed E-state index contributed by atoms with van der Waals surface area (Å²) in [6.45, 7) is 1.99. The lowest BCUT2D eigenvalue weighted by atomic mass is 10.0. The normalized spacial score (nSPS) is 14.2. The highest BCUT2D eigenvalue weighted by Gasteiger charge is 2.10. The molecule has 0 bridgehead atoms. The highest BCUT2D eigenvalue weighted by molar-refractivity contribution is 5.63. The molecule has 0 amide bonds. The number of nitrogens with zero attached hydrogens (tertiary/aromatic N) is 2. The second-order valence-corrected chi connectivity index (χ2v) is 3.99. The van der Waals surface area contributed by atoms with Crippen LogP contribution in [0.25, 0.3) is 11.1 Å². The number of aryl methyl sites for hydroxylation is 1. The monoisotopic (exact) mass is 199 g/mol. The van der Waals surface area contributed by atoms with Gasteiger partial charge in [0.05, 0.1) is 6.20 Å². The lowest BCUT2D eigenvalue weighted by molar-refractivity contribution is 0.765. The van der Waals surface area contributed by atoms with E-state index in [0.29, 0.717) is 0 Å². The number of fused-ring (bicyclic) bond motifs is 1. The van der Waals surface area contributed by atoms with E-state index in [9.17, 15) is 0 Å². The molecule has 1 aliphatic heterocycles. The molecule has 1 aromatic carbocycles. The van der Waals surface area contributed by atoms with Crippen molar-refractivity contribution in [3.05, 3.63) is 41.7 Å². The van der Waals surface area contributed by atoms with Crippen molar-refractivity contribution in [2.24, 2.45) is 7.05 Å². The molecule has 3 heteroatoms. The first-order chi connectivity index (χ1) is 7.33. The Morgan fingerprint density at radius 3 is 2.87 bits per heavy atom. The molecule has 0 saturated carbocycles. The summed E-state index contributed by atoms with van der Waals surface area (Å²) in [6, 6.07) is 6.63. The van der Waals surface area contributed by atoms with E-state index in [2.05, 4.69) is 28.6 Å². The van der Waals surface area contributed by atoms with Crippen LogP contribution in [0.5, 0.6) is 0 Å². The third kappa shape index (κ3) is 1.45. The Morgan fingerprint density at radius 2 is 2.07 bits per heavy atom. The smallest absolute Gasteiger partial charge is 0.0568 e. The Bertz CT molecular complexity index is 499. The van der Waals surface area contributed by atoms with Crippen LogP contribution in [0.3, 0.4) is 0 Å². The van der Waals surface area contributed by atoms with Crippen molar-refractivity contribution in [2.45, 2.75) is 13.1 Å². The van der Waals surface area contributed by atoms with E-state index >= 15 is 0 Å². The molecule has 0 fully saturated rings. The standard InChI is InChI=1S/C12H13N3/c1-15-8-12(7-14-15)9-2-3-10-5-13-6-11(10)4-9/h2-4,7-8,13H,5-6H2,1H3. The maximum absolute atomic E-state index is 4.19. The second-order valence-electron chi connectivity index (χ2n) is 3.99. The summed E-state index contributed by atoms with van der Waals surface area (Å²) in [5.74, 6) is 0. The van der Waals surface area contributed by atoms with E-state index < -0.39 is 0 Å². The zero-order valence-corrected chi connectivity index (χ0v) is 8.70. The van der Waals surface area contributed by atoms with E-state index in [-0.39, 0.29) is 0 Å². The first-order valence-electron chi connectivity index (χ1n) is 5.14. The van der Waals surface area contributed by atoms with E-state index in [1.807, 2.05) is 24.1 Å². The van der Waals surface area contributed by atoms with Gasteiger partial charge in [0.25, 0.3) is 0 Å². The number of aromatic nitrogens is 2. The van der Waals surface area contributed by atoms with Gasteiger partial charge in [0.15, 0.2) is 0 Å². The Morgan fingerprint density at radius 1 is 1.20 bits per heavy atom. The molecule has 2 heterocycles. The number of hydrogen-bond acceptors (Lipinski definition) is 2. The third-order valence-corrected chi connectivity index (χ3v) is 2.88. The van der Waals surface area contributed by atoms with Crippen LogP contribution in [-0.4, -0.2) is 9.78 Å². The van der Waals surface area contributed by atoms with Gasteiger partial charge in [-0.15, -0.1) is 0 Å². The summed E-state index contributed by atoms with van der Waals surface area (Å²) in [5, 5.41) is 7.54. The number of hydrogen-bond donors (Lipinski definition) is 1. The average molecular weight is 199 g/mol. The fourth-order valence-electron chi connectivity index (χ4n) is 2.04. The van der Waals surface area contributed by atoms with Crippen molar-refractivity contribution in [1.29, 1.82) is 0 Å². The predicted molar refractivity (Wildman–Crippen MR) is 59.2 cm³/mol. The molecule has 3 rings (SSSR count). The van der Waals surface area contributed by atoms with Crippen LogP contribution in [0, 0.1) is 0 Å².